The van der Waals surface area contributed by atoms with E-state index in [1.165, 1.54) is 0 Å². The monoisotopic (exact) mass is 349 g/mol. The predicted octanol–water partition coefficient (Wildman–Crippen LogP) is 1.17. The average Bonchev–Trinajstić information content (AvgIpc) is 2.97. The summed E-state index contributed by atoms with van der Waals surface area (Å²) in [4.78, 5) is 14.1. The minimum atomic E-state index is -0.863. The molecule has 1 aliphatic heterocycles. The molecule has 3 heterocycles. The fraction of sp³-hybridized carbons (Fsp3) is 0.625. The molecule has 2 aliphatic rings. The number of nitrogens with zero attached hydrogens (tertiary/aromatic N) is 4. The molecule has 1 unspecified atom stereocenters. The van der Waals surface area contributed by atoms with Crippen molar-refractivity contribution in [3.05, 3.63) is 18.6 Å². The van der Waals surface area contributed by atoms with Gasteiger partial charge in [0.2, 0.25) is 0 Å². The van der Waals surface area contributed by atoms with Gasteiger partial charge in [-0.25, -0.2) is 9.97 Å². The van der Waals surface area contributed by atoms with Crippen molar-refractivity contribution >= 4 is 28.2 Å². The number of nitrogens with one attached hydrogen (secondary N) is 1. The summed E-state index contributed by atoms with van der Waals surface area (Å²) in [6.07, 6.45) is 5.89. The summed E-state index contributed by atoms with van der Waals surface area (Å²) in [5, 5.41) is 1.05. The molecule has 2 aromatic rings. The Kier molecular flexibility index (Phi) is 4.38. The van der Waals surface area contributed by atoms with E-state index in [2.05, 4.69) is 26.9 Å². The van der Waals surface area contributed by atoms with Gasteiger partial charge in [-0.2, -0.15) is 0 Å². The molecule has 0 amide bonds. The maximum atomic E-state index is 12.3. The number of aromatic nitrogens is 3. The van der Waals surface area contributed by atoms with E-state index in [-0.39, 0.29) is 6.10 Å². The van der Waals surface area contributed by atoms with Crippen LogP contribution in [0.3, 0.4) is 0 Å². The normalized spacial score (nSPS) is 26.1. The Balaban J connectivity index is 1.30. The highest BCUT2D eigenvalue weighted by molar-refractivity contribution is 7.89. The number of aromatic amines is 1. The molecule has 0 bridgehead atoms. The topological polar surface area (TPSA) is 80.3 Å². The third-order valence-electron chi connectivity index (χ3n) is 5.24. The van der Waals surface area contributed by atoms with Crippen molar-refractivity contribution in [2.45, 2.75) is 25.0 Å². The third-order valence-corrected chi connectivity index (χ3v) is 6.87. The molecule has 130 valence electrons. The minimum Gasteiger partial charge on any atom is -0.598 e. The Hall–Kier alpha value is -1.35. The van der Waals surface area contributed by atoms with E-state index in [1.807, 2.05) is 16.6 Å². The van der Waals surface area contributed by atoms with Crippen LogP contribution in [-0.2, 0) is 16.1 Å². The summed E-state index contributed by atoms with van der Waals surface area (Å²) in [7, 11) is 3.80. The van der Waals surface area contributed by atoms with E-state index in [9.17, 15) is 4.55 Å². The van der Waals surface area contributed by atoms with E-state index >= 15 is 0 Å². The van der Waals surface area contributed by atoms with Gasteiger partial charge in [0, 0.05) is 43.7 Å². The van der Waals surface area contributed by atoms with Crippen molar-refractivity contribution in [1.29, 1.82) is 0 Å². The Morgan fingerprint density at radius 2 is 2.21 bits per heavy atom. The zero-order valence-electron chi connectivity index (χ0n) is 14.0. The standard InChI is InChI=1S/C16H23N5O2S/c1-20(16-14-3-4-17-15(14)18-10-19-16)12-5-11(6-12)9-24(22)21-7-13(8-21)23-2/h3-4,10-13H,5-9H2,1-2H3,(H,17,18,19)/t11-,12+,24?. The lowest BCUT2D eigenvalue weighted by molar-refractivity contribution is 0.0121. The van der Waals surface area contributed by atoms with E-state index in [0.29, 0.717) is 12.0 Å². The predicted molar refractivity (Wildman–Crippen MR) is 94.2 cm³/mol. The maximum absolute atomic E-state index is 12.3. The molecule has 7 nitrogen and oxygen atoms in total. The Bertz CT molecular complexity index is 699. The Labute approximate surface area is 144 Å². The molecule has 0 radical (unpaired) electrons. The lowest BCUT2D eigenvalue weighted by Crippen LogP contribution is -2.56. The number of hydrogen-bond donors (Lipinski definition) is 1. The van der Waals surface area contributed by atoms with Crippen LogP contribution in [0.5, 0.6) is 0 Å². The van der Waals surface area contributed by atoms with Gasteiger partial charge in [0.25, 0.3) is 0 Å². The fourth-order valence-corrected chi connectivity index (χ4v) is 5.04. The van der Waals surface area contributed by atoms with E-state index in [0.717, 1.165) is 48.5 Å². The third kappa shape index (κ3) is 2.88. The molecule has 1 N–H and O–H groups in total. The van der Waals surface area contributed by atoms with Crippen molar-refractivity contribution in [3.63, 3.8) is 0 Å². The largest absolute Gasteiger partial charge is 0.598 e. The lowest BCUT2D eigenvalue weighted by Gasteiger charge is -2.43. The molecule has 2 aromatic heterocycles. The molecule has 24 heavy (non-hydrogen) atoms. The summed E-state index contributed by atoms with van der Waals surface area (Å²) in [6, 6.07) is 2.48. The van der Waals surface area contributed by atoms with E-state index in [1.54, 1.807) is 13.4 Å². The van der Waals surface area contributed by atoms with Crippen molar-refractivity contribution in [1.82, 2.24) is 19.3 Å². The second-order valence-electron chi connectivity index (χ2n) is 6.73. The van der Waals surface area contributed by atoms with Gasteiger partial charge in [0.05, 0.1) is 24.6 Å². The van der Waals surface area contributed by atoms with Crippen molar-refractivity contribution < 1.29 is 9.29 Å². The average molecular weight is 349 g/mol. The number of H-pyrrole nitrogens is 1. The summed E-state index contributed by atoms with van der Waals surface area (Å²) in [5.41, 5.74) is 0.870. The molecule has 1 saturated carbocycles. The second-order valence-corrected chi connectivity index (χ2v) is 8.22. The van der Waals surface area contributed by atoms with Crippen LogP contribution in [0.1, 0.15) is 12.8 Å². The fourth-order valence-electron chi connectivity index (χ4n) is 3.49. The van der Waals surface area contributed by atoms with Crippen molar-refractivity contribution in [2.75, 3.05) is 37.9 Å². The first-order chi connectivity index (χ1) is 11.7. The van der Waals surface area contributed by atoms with Gasteiger partial charge in [0.15, 0.2) is 0 Å². The molecule has 2 fully saturated rings. The molecular weight excluding hydrogens is 326 g/mol. The maximum Gasteiger partial charge on any atom is 0.142 e. The van der Waals surface area contributed by atoms with E-state index in [4.69, 9.17) is 4.74 Å². The highest BCUT2D eigenvalue weighted by atomic mass is 32.2. The summed E-state index contributed by atoms with van der Waals surface area (Å²) in [5.74, 6) is 2.27. The Morgan fingerprint density at radius 1 is 1.42 bits per heavy atom. The Morgan fingerprint density at radius 3 is 2.96 bits per heavy atom. The van der Waals surface area contributed by atoms with Gasteiger partial charge in [-0.15, -0.1) is 4.31 Å². The number of anilines is 1. The molecule has 1 aliphatic carbocycles. The van der Waals surface area contributed by atoms with Gasteiger partial charge in [-0.05, 0) is 18.9 Å². The molecule has 1 saturated heterocycles. The summed E-state index contributed by atoms with van der Waals surface area (Å²) >= 11 is -0.863. The minimum absolute atomic E-state index is 0.260. The van der Waals surface area contributed by atoms with Crippen LogP contribution < -0.4 is 4.90 Å². The number of rotatable bonds is 6. The van der Waals surface area contributed by atoms with Crippen LogP contribution >= 0.6 is 0 Å². The second kappa shape index (κ2) is 6.51. The number of methoxy groups -OCH3 is 1. The van der Waals surface area contributed by atoms with E-state index < -0.39 is 11.4 Å². The zero-order chi connectivity index (χ0) is 16.7. The smallest absolute Gasteiger partial charge is 0.142 e. The first-order valence-electron chi connectivity index (χ1n) is 8.33. The zero-order valence-corrected chi connectivity index (χ0v) is 14.8. The van der Waals surface area contributed by atoms with Crippen LogP contribution in [0.25, 0.3) is 11.0 Å². The van der Waals surface area contributed by atoms with Crippen LogP contribution in [-0.4, -0.2) is 69.0 Å². The van der Waals surface area contributed by atoms with Crippen LogP contribution in [0.15, 0.2) is 18.6 Å². The molecule has 0 aromatic carbocycles. The van der Waals surface area contributed by atoms with Gasteiger partial charge < -0.3 is 19.2 Å². The van der Waals surface area contributed by atoms with Crippen LogP contribution in [0.2, 0.25) is 0 Å². The van der Waals surface area contributed by atoms with Gasteiger partial charge >= 0.3 is 0 Å². The first-order valence-corrected chi connectivity index (χ1v) is 9.60. The molecule has 8 heteroatoms. The molecule has 4 rings (SSSR count). The lowest BCUT2D eigenvalue weighted by atomic mass is 9.81. The molecule has 1 atom stereocenters. The van der Waals surface area contributed by atoms with Gasteiger partial charge in [-0.1, -0.05) is 0 Å². The van der Waals surface area contributed by atoms with Gasteiger partial charge in [-0.3, -0.25) is 0 Å². The van der Waals surface area contributed by atoms with Crippen LogP contribution in [0, 0.1) is 5.92 Å². The highest BCUT2D eigenvalue weighted by Gasteiger charge is 2.41. The summed E-state index contributed by atoms with van der Waals surface area (Å²) < 4.78 is 19.6. The molecular formula is C16H23N5O2S. The number of ether oxygens (including phenoxy) is 1. The van der Waals surface area contributed by atoms with Crippen LogP contribution in [0.4, 0.5) is 5.82 Å². The highest BCUT2D eigenvalue weighted by Crippen LogP contribution is 2.36. The van der Waals surface area contributed by atoms with Crippen molar-refractivity contribution in [3.8, 4) is 0 Å². The molecule has 0 spiro atoms. The quantitative estimate of drug-likeness (QED) is 0.789. The van der Waals surface area contributed by atoms with Crippen molar-refractivity contribution in [2.24, 2.45) is 5.92 Å². The number of fused-ring (bicyclic) bond motifs is 1. The number of hydrogen-bond acceptors (Lipinski definition) is 6. The first kappa shape index (κ1) is 16.1. The SMILES string of the molecule is COC1CN([S+]([O-])C[C@H]2C[C@@H](N(C)c3ncnc4[nH]ccc34)C2)C1. The summed E-state index contributed by atoms with van der Waals surface area (Å²) in [6.45, 7) is 1.59. The van der Waals surface area contributed by atoms with Gasteiger partial charge in [0.1, 0.15) is 23.5 Å².